The molecule has 0 atom stereocenters. The summed E-state index contributed by atoms with van der Waals surface area (Å²) in [4.78, 5) is 22.4. The molecule has 2 N–H and O–H groups in total. The Balaban J connectivity index is 1.84. The van der Waals surface area contributed by atoms with E-state index >= 15 is 0 Å². The van der Waals surface area contributed by atoms with Crippen LogP contribution in [0.3, 0.4) is 0 Å². The third kappa shape index (κ3) is 4.29. The fourth-order valence-electron chi connectivity index (χ4n) is 3.56. The van der Waals surface area contributed by atoms with E-state index in [1.54, 1.807) is 0 Å². The van der Waals surface area contributed by atoms with Crippen LogP contribution in [0, 0.1) is 0 Å². The lowest BCUT2D eigenvalue weighted by atomic mass is 9.89. The van der Waals surface area contributed by atoms with E-state index in [0.717, 1.165) is 41.1 Å². The summed E-state index contributed by atoms with van der Waals surface area (Å²) >= 11 is 0. The van der Waals surface area contributed by atoms with Gasteiger partial charge >= 0.3 is 6.09 Å². The molecule has 1 heterocycles. The Hall–Kier alpha value is -2.24. The number of anilines is 2. The lowest BCUT2D eigenvalue weighted by Crippen LogP contribution is -2.18. The van der Waals surface area contributed by atoms with E-state index in [1.807, 2.05) is 31.1 Å². The van der Waals surface area contributed by atoms with Gasteiger partial charge in [-0.3, -0.25) is 5.32 Å². The van der Waals surface area contributed by atoms with Gasteiger partial charge in [0.1, 0.15) is 5.82 Å². The summed E-state index contributed by atoms with van der Waals surface area (Å²) < 4.78 is 5.24. The van der Waals surface area contributed by atoms with Crippen molar-refractivity contribution in [1.29, 1.82) is 0 Å². The van der Waals surface area contributed by atoms with E-state index < -0.39 is 6.09 Å². The number of aromatic amines is 1. The summed E-state index contributed by atoms with van der Waals surface area (Å²) in [6.45, 7) is 2.51. The Bertz CT molecular complexity index is 748. The molecule has 1 aromatic carbocycles. The van der Waals surface area contributed by atoms with Crippen molar-refractivity contribution in [1.82, 2.24) is 9.97 Å². The summed E-state index contributed by atoms with van der Waals surface area (Å²) in [5, 5.41) is 2.88. The summed E-state index contributed by atoms with van der Waals surface area (Å²) in [6, 6.07) is 3.99. The third-order valence-corrected chi connectivity index (χ3v) is 5.06. The predicted molar refractivity (Wildman–Crippen MR) is 106 cm³/mol. The van der Waals surface area contributed by atoms with Crippen LogP contribution in [-0.4, -0.2) is 36.8 Å². The minimum absolute atomic E-state index is 0.409. The van der Waals surface area contributed by atoms with Gasteiger partial charge in [-0.15, -0.1) is 0 Å². The molecule has 142 valence electrons. The fraction of sp³-hybridized carbons (Fsp3) is 0.600. The van der Waals surface area contributed by atoms with Gasteiger partial charge in [0.05, 0.1) is 29.0 Å². The van der Waals surface area contributed by atoms with Crippen molar-refractivity contribution in [3.8, 4) is 0 Å². The molecular formula is C20H30N4O2. The van der Waals surface area contributed by atoms with Crippen molar-refractivity contribution < 1.29 is 9.53 Å². The quantitative estimate of drug-likeness (QED) is 0.711. The van der Waals surface area contributed by atoms with E-state index in [1.165, 1.54) is 32.1 Å². The number of nitrogens with one attached hydrogen (secondary N) is 2. The third-order valence-electron chi connectivity index (χ3n) is 5.06. The van der Waals surface area contributed by atoms with Gasteiger partial charge in [-0.25, -0.2) is 9.78 Å². The molecule has 1 aliphatic rings. The first-order chi connectivity index (χ1) is 12.6. The number of H-pyrrole nitrogens is 1. The number of carbonyl (C=O) groups excluding carboxylic acids is 1. The first-order valence-corrected chi connectivity index (χ1v) is 9.73. The highest BCUT2D eigenvalue weighted by atomic mass is 16.5. The van der Waals surface area contributed by atoms with Gasteiger partial charge in [0.25, 0.3) is 0 Å². The minimum Gasteiger partial charge on any atom is -0.449 e. The fourth-order valence-corrected chi connectivity index (χ4v) is 3.56. The lowest BCUT2D eigenvalue weighted by Gasteiger charge is -2.18. The van der Waals surface area contributed by atoms with Crippen LogP contribution in [-0.2, 0) is 4.74 Å². The Morgan fingerprint density at radius 2 is 2.08 bits per heavy atom. The Labute approximate surface area is 155 Å². The number of ether oxygens (including phenoxy) is 1. The first kappa shape index (κ1) is 18.5. The Morgan fingerprint density at radius 3 is 2.77 bits per heavy atom. The van der Waals surface area contributed by atoms with Gasteiger partial charge in [-0.1, -0.05) is 32.6 Å². The zero-order valence-electron chi connectivity index (χ0n) is 16.1. The van der Waals surface area contributed by atoms with Crippen molar-refractivity contribution >= 4 is 28.5 Å². The van der Waals surface area contributed by atoms with Gasteiger partial charge in [-0.2, -0.15) is 0 Å². The lowest BCUT2D eigenvalue weighted by molar-refractivity contribution is 0.160. The molecule has 26 heavy (non-hydrogen) atoms. The number of amides is 1. The molecule has 1 aromatic heterocycles. The standard InChI is InChI=1S/C20H30N4O2/c1-4-5-11-26-20(25)23-17-12-15-16(13-18(17)24(2)3)22-19(21-15)14-9-7-6-8-10-14/h12-14H,4-11H2,1-3H3,(H,21,22)(H,23,25). The molecule has 2 aromatic rings. The van der Waals surface area contributed by atoms with Crippen molar-refractivity contribution in [2.75, 3.05) is 30.9 Å². The number of benzene rings is 1. The van der Waals surface area contributed by atoms with Crippen LogP contribution in [0.1, 0.15) is 63.6 Å². The van der Waals surface area contributed by atoms with Gasteiger partial charge in [0.2, 0.25) is 0 Å². The highest BCUT2D eigenvalue weighted by Crippen LogP contribution is 2.34. The molecule has 1 aliphatic carbocycles. The molecule has 0 bridgehead atoms. The van der Waals surface area contributed by atoms with Gasteiger partial charge < -0.3 is 14.6 Å². The van der Waals surface area contributed by atoms with E-state index in [0.29, 0.717) is 12.5 Å². The van der Waals surface area contributed by atoms with Crippen LogP contribution in [0.25, 0.3) is 11.0 Å². The van der Waals surface area contributed by atoms with E-state index in [9.17, 15) is 4.79 Å². The maximum atomic E-state index is 12.1. The monoisotopic (exact) mass is 358 g/mol. The van der Waals surface area contributed by atoms with Gasteiger partial charge in [-0.05, 0) is 31.4 Å². The number of rotatable bonds is 6. The van der Waals surface area contributed by atoms with Gasteiger partial charge in [0.15, 0.2) is 0 Å². The number of aromatic nitrogens is 2. The van der Waals surface area contributed by atoms with Crippen LogP contribution in [0.4, 0.5) is 16.2 Å². The van der Waals surface area contributed by atoms with Crippen molar-refractivity contribution in [2.24, 2.45) is 0 Å². The highest BCUT2D eigenvalue weighted by Gasteiger charge is 2.20. The smallest absolute Gasteiger partial charge is 0.411 e. The van der Waals surface area contributed by atoms with E-state index in [2.05, 4.69) is 17.2 Å². The topological polar surface area (TPSA) is 70.2 Å². The van der Waals surface area contributed by atoms with Crippen LogP contribution in [0.2, 0.25) is 0 Å². The van der Waals surface area contributed by atoms with Crippen LogP contribution < -0.4 is 10.2 Å². The van der Waals surface area contributed by atoms with Crippen molar-refractivity contribution in [3.05, 3.63) is 18.0 Å². The molecule has 1 fully saturated rings. The molecule has 1 saturated carbocycles. The molecule has 3 rings (SSSR count). The maximum Gasteiger partial charge on any atom is 0.411 e. The molecule has 6 nitrogen and oxygen atoms in total. The second-order valence-electron chi connectivity index (χ2n) is 7.35. The number of fused-ring (bicyclic) bond motifs is 1. The second kappa shape index (κ2) is 8.43. The predicted octanol–water partition coefficient (Wildman–Crippen LogP) is 5.03. The molecule has 0 radical (unpaired) electrons. The maximum absolute atomic E-state index is 12.1. The normalized spacial score (nSPS) is 15.2. The SMILES string of the molecule is CCCCOC(=O)Nc1cc2[nH]c(C3CCCCC3)nc2cc1N(C)C. The molecule has 0 saturated heterocycles. The molecular weight excluding hydrogens is 328 g/mol. The zero-order chi connectivity index (χ0) is 18.5. The summed E-state index contributed by atoms with van der Waals surface area (Å²) in [6.07, 6.45) is 7.76. The Kier molecular flexibility index (Phi) is 6.01. The minimum atomic E-state index is -0.409. The van der Waals surface area contributed by atoms with E-state index in [4.69, 9.17) is 9.72 Å². The Morgan fingerprint density at radius 1 is 1.31 bits per heavy atom. The number of nitrogens with zero attached hydrogens (tertiary/aromatic N) is 2. The van der Waals surface area contributed by atoms with Crippen LogP contribution in [0.15, 0.2) is 12.1 Å². The zero-order valence-corrected chi connectivity index (χ0v) is 16.1. The molecule has 0 spiro atoms. The average molecular weight is 358 g/mol. The number of unbranched alkanes of at least 4 members (excludes halogenated alkanes) is 1. The highest BCUT2D eigenvalue weighted by molar-refractivity contribution is 5.95. The summed E-state index contributed by atoms with van der Waals surface area (Å²) in [5.41, 5.74) is 3.56. The average Bonchev–Trinajstić information content (AvgIpc) is 3.05. The number of hydrogen-bond acceptors (Lipinski definition) is 4. The van der Waals surface area contributed by atoms with Gasteiger partial charge in [0, 0.05) is 20.0 Å². The number of carbonyl (C=O) groups is 1. The van der Waals surface area contributed by atoms with Crippen LogP contribution in [0.5, 0.6) is 0 Å². The number of hydrogen-bond donors (Lipinski definition) is 2. The summed E-state index contributed by atoms with van der Waals surface area (Å²) in [7, 11) is 3.92. The molecule has 1 amide bonds. The van der Waals surface area contributed by atoms with E-state index in [-0.39, 0.29) is 0 Å². The number of imidazole rings is 1. The van der Waals surface area contributed by atoms with Crippen molar-refractivity contribution in [3.63, 3.8) is 0 Å². The van der Waals surface area contributed by atoms with Crippen molar-refractivity contribution in [2.45, 2.75) is 57.8 Å². The second-order valence-corrected chi connectivity index (χ2v) is 7.35. The molecule has 0 aliphatic heterocycles. The van der Waals surface area contributed by atoms with Crippen LogP contribution >= 0.6 is 0 Å². The molecule has 0 unspecified atom stereocenters. The molecule has 6 heteroatoms. The largest absolute Gasteiger partial charge is 0.449 e. The summed E-state index contributed by atoms with van der Waals surface area (Å²) in [5.74, 6) is 1.60. The first-order valence-electron chi connectivity index (χ1n) is 9.73.